The Morgan fingerprint density at radius 3 is 2.18 bits per heavy atom. The molecule has 3 N–H and O–H groups in total. The van der Waals surface area contributed by atoms with Gasteiger partial charge in [0.15, 0.2) is 0 Å². The molecular weight excluding hydrogens is 468 g/mol. The second-order valence-electron chi connectivity index (χ2n) is 7.48. The summed E-state index contributed by atoms with van der Waals surface area (Å²) in [6, 6.07) is 10.7. The number of sulfonamides is 2. The van der Waals surface area contributed by atoms with E-state index in [1.165, 1.54) is 38.2 Å². The highest BCUT2D eigenvalue weighted by Gasteiger charge is 2.23. The standard InChI is InChI=1S/C21H28N4O6S2/c1-15-5-6-16(2)20(13-15)32(28,29)23-12-11-22-21(27)14-25(4)33(30,31)19-9-7-18(8-10-19)24-17(3)26/h5-10,13,23H,11-12,14H2,1-4H3,(H,22,27)(H,24,26). The maximum Gasteiger partial charge on any atom is 0.243 e. The van der Waals surface area contributed by atoms with Crippen molar-refractivity contribution in [1.82, 2.24) is 14.3 Å². The smallest absolute Gasteiger partial charge is 0.243 e. The van der Waals surface area contributed by atoms with E-state index in [2.05, 4.69) is 15.4 Å². The van der Waals surface area contributed by atoms with Gasteiger partial charge in [0.25, 0.3) is 0 Å². The molecule has 0 bridgehead atoms. The van der Waals surface area contributed by atoms with Gasteiger partial charge < -0.3 is 10.6 Å². The molecule has 0 saturated heterocycles. The lowest BCUT2D eigenvalue weighted by Gasteiger charge is -2.17. The van der Waals surface area contributed by atoms with Crippen molar-refractivity contribution in [3.05, 3.63) is 53.6 Å². The van der Waals surface area contributed by atoms with Gasteiger partial charge in [-0.25, -0.2) is 21.6 Å². The largest absolute Gasteiger partial charge is 0.354 e. The first-order valence-electron chi connectivity index (χ1n) is 10.0. The fourth-order valence-corrected chi connectivity index (χ4v) is 5.38. The zero-order valence-corrected chi connectivity index (χ0v) is 20.5. The number of carbonyl (C=O) groups excluding carboxylic acids is 2. The van der Waals surface area contributed by atoms with Crippen LogP contribution < -0.4 is 15.4 Å². The number of benzene rings is 2. The lowest BCUT2D eigenvalue weighted by Crippen LogP contribution is -2.41. The predicted molar refractivity (Wildman–Crippen MR) is 125 cm³/mol. The number of aryl methyl sites for hydroxylation is 2. The van der Waals surface area contributed by atoms with E-state index in [0.717, 1.165) is 9.87 Å². The molecule has 0 saturated carbocycles. The molecule has 2 aromatic rings. The summed E-state index contributed by atoms with van der Waals surface area (Å²) >= 11 is 0. The fourth-order valence-electron chi connectivity index (χ4n) is 2.90. The molecule has 2 aromatic carbocycles. The molecule has 0 unspecified atom stereocenters. The number of rotatable bonds is 10. The Morgan fingerprint density at radius 1 is 0.939 bits per heavy atom. The predicted octanol–water partition coefficient (Wildman–Crippen LogP) is 0.977. The first kappa shape index (κ1) is 26.5. The molecule has 0 fully saturated rings. The summed E-state index contributed by atoms with van der Waals surface area (Å²) in [6.07, 6.45) is 0. The van der Waals surface area contributed by atoms with Crippen LogP contribution in [0.2, 0.25) is 0 Å². The highest BCUT2D eigenvalue weighted by molar-refractivity contribution is 7.89. The van der Waals surface area contributed by atoms with E-state index in [1.54, 1.807) is 26.0 Å². The first-order valence-corrected chi connectivity index (χ1v) is 12.9. The van der Waals surface area contributed by atoms with Crippen molar-refractivity contribution in [2.45, 2.75) is 30.6 Å². The highest BCUT2D eigenvalue weighted by atomic mass is 32.2. The summed E-state index contributed by atoms with van der Waals surface area (Å²) in [4.78, 5) is 23.4. The van der Waals surface area contributed by atoms with Gasteiger partial charge in [0.05, 0.1) is 16.3 Å². The van der Waals surface area contributed by atoms with Crippen LogP contribution in [0.5, 0.6) is 0 Å². The Hall–Kier alpha value is -2.80. The van der Waals surface area contributed by atoms with E-state index in [-0.39, 0.29) is 28.8 Å². The molecule has 0 spiro atoms. The maximum absolute atomic E-state index is 12.6. The topological polar surface area (TPSA) is 142 Å². The van der Waals surface area contributed by atoms with Crippen molar-refractivity contribution in [2.24, 2.45) is 0 Å². The highest BCUT2D eigenvalue weighted by Crippen LogP contribution is 2.18. The summed E-state index contributed by atoms with van der Waals surface area (Å²) in [7, 11) is -6.40. The third kappa shape index (κ3) is 7.35. The molecule has 0 heterocycles. The number of carbonyl (C=O) groups is 2. The lowest BCUT2D eigenvalue weighted by molar-refractivity contribution is -0.121. The molecule has 0 aromatic heterocycles. The summed E-state index contributed by atoms with van der Waals surface area (Å²) in [5.74, 6) is -0.863. The van der Waals surface area contributed by atoms with Gasteiger partial charge >= 0.3 is 0 Å². The number of nitrogens with zero attached hydrogens (tertiary/aromatic N) is 1. The molecule has 0 aliphatic carbocycles. The normalized spacial score (nSPS) is 11.9. The minimum Gasteiger partial charge on any atom is -0.354 e. The zero-order valence-electron chi connectivity index (χ0n) is 18.9. The molecule has 180 valence electrons. The molecule has 0 radical (unpaired) electrons. The average molecular weight is 497 g/mol. The van der Waals surface area contributed by atoms with Gasteiger partial charge in [-0.15, -0.1) is 0 Å². The van der Waals surface area contributed by atoms with Crippen LogP contribution in [0, 0.1) is 13.8 Å². The van der Waals surface area contributed by atoms with Crippen LogP contribution >= 0.6 is 0 Å². The molecule has 10 nitrogen and oxygen atoms in total. The van der Waals surface area contributed by atoms with Crippen molar-refractivity contribution >= 4 is 37.5 Å². The Balaban J connectivity index is 1.88. The van der Waals surface area contributed by atoms with Gasteiger partial charge in [0, 0.05) is 32.7 Å². The molecule has 2 rings (SSSR count). The number of nitrogens with one attached hydrogen (secondary N) is 3. The molecule has 0 aliphatic heterocycles. The molecule has 0 aliphatic rings. The molecule has 33 heavy (non-hydrogen) atoms. The van der Waals surface area contributed by atoms with Crippen LogP contribution in [-0.4, -0.2) is 59.6 Å². The quantitative estimate of drug-likeness (QED) is 0.419. The van der Waals surface area contributed by atoms with Crippen LogP contribution in [0.1, 0.15) is 18.1 Å². The Morgan fingerprint density at radius 2 is 1.58 bits per heavy atom. The third-order valence-electron chi connectivity index (χ3n) is 4.62. The Kier molecular flexibility index (Phi) is 8.72. The summed E-state index contributed by atoms with van der Waals surface area (Å²) < 4.78 is 53.5. The number of likely N-dealkylation sites (N-methyl/N-ethyl adjacent to an activating group) is 1. The number of hydrogen-bond acceptors (Lipinski definition) is 6. The van der Waals surface area contributed by atoms with E-state index in [0.29, 0.717) is 11.3 Å². The fraction of sp³-hybridized carbons (Fsp3) is 0.333. The maximum atomic E-state index is 12.6. The Labute approximate surface area is 194 Å². The van der Waals surface area contributed by atoms with E-state index in [9.17, 15) is 26.4 Å². The van der Waals surface area contributed by atoms with Crippen molar-refractivity contribution in [1.29, 1.82) is 0 Å². The molecular formula is C21H28N4O6S2. The van der Waals surface area contributed by atoms with Crippen molar-refractivity contribution < 1.29 is 26.4 Å². The van der Waals surface area contributed by atoms with Crippen LogP contribution in [-0.2, 0) is 29.6 Å². The second-order valence-corrected chi connectivity index (χ2v) is 11.3. The first-order chi connectivity index (χ1) is 15.3. The van der Waals surface area contributed by atoms with Crippen LogP contribution in [0.4, 0.5) is 5.69 Å². The van der Waals surface area contributed by atoms with E-state index < -0.39 is 32.5 Å². The summed E-state index contributed by atoms with van der Waals surface area (Å²) in [5.41, 5.74) is 1.86. The molecule has 0 atom stereocenters. The lowest BCUT2D eigenvalue weighted by atomic mass is 10.2. The van der Waals surface area contributed by atoms with Gasteiger partial charge in [-0.1, -0.05) is 12.1 Å². The summed E-state index contributed by atoms with van der Waals surface area (Å²) in [6.45, 7) is 4.32. The van der Waals surface area contributed by atoms with Crippen LogP contribution in [0.15, 0.2) is 52.3 Å². The average Bonchev–Trinajstić information content (AvgIpc) is 2.72. The van der Waals surface area contributed by atoms with Crippen molar-refractivity contribution in [2.75, 3.05) is 32.0 Å². The van der Waals surface area contributed by atoms with Gasteiger partial charge in [-0.3, -0.25) is 9.59 Å². The van der Waals surface area contributed by atoms with E-state index in [1.807, 2.05) is 6.07 Å². The van der Waals surface area contributed by atoms with Crippen molar-refractivity contribution in [3.8, 4) is 0 Å². The summed E-state index contributed by atoms with van der Waals surface area (Å²) in [5, 5.41) is 5.04. The SMILES string of the molecule is CC(=O)Nc1ccc(S(=O)(=O)N(C)CC(=O)NCCNS(=O)(=O)c2cc(C)ccc2C)cc1. The van der Waals surface area contributed by atoms with Gasteiger partial charge in [-0.05, 0) is 55.3 Å². The molecule has 2 amide bonds. The number of amides is 2. The van der Waals surface area contributed by atoms with E-state index >= 15 is 0 Å². The monoisotopic (exact) mass is 496 g/mol. The minimum absolute atomic E-state index is 0.0117. The zero-order chi connectivity index (χ0) is 24.8. The second kappa shape index (κ2) is 10.9. The van der Waals surface area contributed by atoms with Gasteiger partial charge in [0.2, 0.25) is 31.9 Å². The Bertz CT molecular complexity index is 1230. The van der Waals surface area contributed by atoms with Crippen LogP contribution in [0.25, 0.3) is 0 Å². The molecule has 12 heteroatoms. The van der Waals surface area contributed by atoms with E-state index in [4.69, 9.17) is 0 Å². The number of anilines is 1. The van der Waals surface area contributed by atoms with Gasteiger partial charge in [0.1, 0.15) is 0 Å². The van der Waals surface area contributed by atoms with Crippen molar-refractivity contribution in [3.63, 3.8) is 0 Å². The minimum atomic E-state index is -3.93. The van der Waals surface area contributed by atoms with Gasteiger partial charge in [-0.2, -0.15) is 4.31 Å². The third-order valence-corrected chi connectivity index (χ3v) is 8.04. The number of hydrogen-bond donors (Lipinski definition) is 3. The van der Waals surface area contributed by atoms with Crippen LogP contribution in [0.3, 0.4) is 0 Å².